The standard InChI is InChI=1S/C14H28N2O/c1-2-3-4-5-8-14(17)16-11-6-7-13(12-16)9-10-15/h13H,2-12,15H2,1H3. The van der Waals surface area contributed by atoms with Crippen molar-refractivity contribution in [2.75, 3.05) is 19.6 Å². The second kappa shape index (κ2) is 8.51. The molecule has 2 N–H and O–H groups in total. The number of piperidine rings is 1. The Morgan fingerprint density at radius 2 is 2.18 bits per heavy atom. The molecule has 0 spiro atoms. The largest absolute Gasteiger partial charge is 0.342 e. The van der Waals surface area contributed by atoms with Crippen molar-refractivity contribution in [2.24, 2.45) is 11.7 Å². The van der Waals surface area contributed by atoms with Crippen LogP contribution < -0.4 is 5.73 Å². The lowest BCUT2D eigenvalue weighted by atomic mass is 9.94. The molecule has 0 saturated carbocycles. The van der Waals surface area contributed by atoms with Crippen LogP contribution in [0.15, 0.2) is 0 Å². The van der Waals surface area contributed by atoms with Gasteiger partial charge >= 0.3 is 0 Å². The van der Waals surface area contributed by atoms with E-state index in [2.05, 4.69) is 11.8 Å². The van der Waals surface area contributed by atoms with E-state index in [9.17, 15) is 4.79 Å². The highest BCUT2D eigenvalue weighted by Gasteiger charge is 2.22. The number of unbranched alkanes of at least 4 members (excludes halogenated alkanes) is 3. The van der Waals surface area contributed by atoms with Gasteiger partial charge in [0.25, 0.3) is 0 Å². The molecular weight excluding hydrogens is 212 g/mol. The van der Waals surface area contributed by atoms with E-state index >= 15 is 0 Å². The number of carbonyl (C=O) groups excluding carboxylic acids is 1. The van der Waals surface area contributed by atoms with Gasteiger partial charge in [0.15, 0.2) is 0 Å². The molecule has 1 fully saturated rings. The van der Waals surface area contributed by atoms with Crippen LogP contribution in [0.4, 0.5) is 0 Å². The number of carbonyl (C=O) groups is 1. The molecule has 0 bridgehead atoms. The van der Waals surface area contributed by atoms with E-state index < -0.39 is 0 Å². The molecule has 3 nitrogen and oxygen atoms in total. The summed E-state index contributed by atoms with van der Waals surface area (Å²) in [6.45, 7) is 4.87. The van der Waals surface area contributed by atoms with Crippen molar-refractivity contribution in [3.63, 3.8) is 0 Å². The molecule has 100 valence electrons. The molecule has 1 rings (SSSR count). The molecule has 0 aromatic heterocycles. The molecule has 0 aromatic rings. The van der Waals surface area contributed by atoms with Gasteiger partial charge in [-0.2, -0.15) is 0 Å². The van der Waals surface area contributed by atoms with Crippen molar-refractivity contribution in [2.45, 2.75) is 58.3 Å². The molecule has 1 atom stereocenters. The summed E-state index contributed by atoms with van der Waals surface area (Å²) in [5, 5.41) is 0. The van der Waals surface area contributed by atoms with Crippen molar-refractivity contribution >= 4 is 5.91 Å². The van der Waals surface area contributed by atoms with E-state index in [1.54, 1.807) is 0 Å². The molecule has 1 unspecified atom stereocenters. The van der Waals surface area contributed by atoms with Gasteiger partial charge < -0.3 is 10.6 Å². The van der Waals surface area contributed by atoms with E-state index in [4.69, 9.17) is 5.73 Å². The number of rotatable bonds is 7. The van der Waals surface area contributed by atoms with Gasteiger partial charge in [-0.25, -0.2) is 0 Å². The van der Waals surface area contributed by atoms with Gasteiger partial charge in [0.2, 0.25) is 5.91 Å². The number of hydrogen-bond donors (Lipinski definition) is 1. The number of hydrogen-bond acceptors (Lipinski definition) is 2. The van der Waals surface area contributed by atoms with E-state index in [1.807, 2.05) is 0 Å². The summed E-state index contributed by atoms with van der Waals surface area (Å²) in [4.78, 5) is 14.1. The minimum absolute atomic E-state index is 0.364. The maximum absolute atomic E-state index is 12.0. The summed E-state index contributed by atoms with van der Waals surface area (Å²) in [5.41, 5.74) is 5.59. The average molecular weight is 240 g/mol. The number of amides is 1. The summed E-state index contributed by atoms with van der Waals surface area (Å²) in [6.07, 6.45) is 8.96. The summed E-state index contributed by atoms with van der Waals surface area (Å²) in [5.74, 6) is 1.01. The zero-order chi connectivity index (χ0) is 12.5. The second-order valence-corrected chi connectivity index (χ2v) is 5.24. The molecule has 0 aliphatic carbocycles. The Bertz CT molecular complexity index is 216. The first-order chi connectivity index (χ1) is 8.27. The molecule has 0 radical (unpaired) electrons. The van der Waals surface area contributed by atoms with Crippen molar-refractivity contribution in [3.8, 4) is 0 Å². The maximum Gasteiger partial charge on any atom is 0.222 e. The summed E-state index contributed by atoms with van der Waals surface area (Å²) in [7, 11) is 0. The van der Waals surface area contributed by atoms with E-state index in [0.717, 1.165) is 45.3 Å². The fourth-order valence-electron chi connectivity index (χ4n) is 2.62. The van der Waals surface area contributed by atoms with E-state index in [0.29, 0.717) is 11.8 Å². The predicted molar refractivity (Wildman–Crippen MR) is 71.7 cm³/mol. The van der Waals surface area contributed by atoms with Crippen LogP contribution in [0.1, 0.15) is 58.3 Å². The van der Waals surface area contributed by atoms with Gasteiger partial charge in [-0.15, -0.1) is 0 Å². The minimum Gasteiger partial charge on any atom is -0.342 e. The quantitative estimate of drug-likeness (QED) is 0.695. The highest BCUT2D eigenvalue weighted by atomic mass is 16.2. The first-order valence-corrected chi connectivity index (χ1v) is 7.25. The first-order valence-electron chi connectivity index (χ1n) is 7.25. The van der Waals surface area contributed by atoms with Crippen molar-refractivity contribution < 1.29 is 4.79 Å². The molecule has 3 heteroatoms. The van der Waals surface area contributed by atoms with Crippen LogP contribution in [0.3, 0.4) is 0 Å². The topological polar surface area (TPSA) is 46.3 Å². The molecule has 17 heavy (non-hydrogen) atoms. The molecule has 0 aromatic carbocycles. The summed E-state index contributed by atoms with van der Waals surface area (Å²) < 4.78 is 0. The molecule has 1 saturated heterocycles. The Labute approximate surface area is 106 Å². The Morgan fingerprint density at radius 1 is 1.35 bits per heavy atom. The monoisotopic (exact) mass is 240 g/mol. The Kier molecular flexibility index (Phi) is 7.25. The molecule has 1 heterocycles. The van der Waals surface area contributed by atoms with E-state index in [-0.39, 0.29) is 0 Å². The van der Waals surface area contributed by atoms with Crippen LogP contribution in [0.5, 0.6) is 0 Å². The Morgan fingerprint density at radius 3 is 2.88 bits per heavy atom. The Hall–Kier alpha value is -0.570. The highest BCUT2D eigenvalue weighted by Crippen LogP contribution is 2.20. The lowest BCUT2D eigenvalue weighted by Crippen LogP contribution is -2.40. The van der Waals surface area contributed by atoms with Crippen LogP contribution in [0.25, 0.3) is 0 Å². The van der Waals surface area contributed by atoms with Crippen LogP contribution in [0, 0.1) is 5.92 Å². The SMILES string of the molecule is CCCCCCC(=O)N1CCCC(CCN)C1. The third-order valence-corrected chi connectivity index (χ3v) is 3.69. The van der Waals surface area contributed by atoms with Crippen molar-refractivity contribution in [1.29, 1.82) is 0 Å². The maximum atomic E-state index is 12.0. The lowest BCUT2D eigenvalue weighted by Gasteiger charge is -2.32. The summed E-state index contributed by atoms with van der Waals surface area (Å²) in [6, 6.07) is 0. The van der Waals surface area contributed by atoms with Gasteiger partial charge in [0.05, 0.1) is 0 Å². The van der Waals surface area contributed by atoms with Gasteiger partial charge in [0.1, 0.15) is 0 Å². The van der Waals surface area contributed by atoms with Crippen LogP contribution in [-0.4, -0.2) is 30.4 Å². The summed E-state index contributed by atoms with van der Waals surface area (Å²) >= 11 is 0. The van der Waals surface area contributed by atoms with Crippen molar-refractivity contribution in [3.05, 3.63) is 0 Å². The van der Waals surface area contributed by atoms with Crippen molar-refractivity contribution in [1.82, 2.24) is 4.90 Å². The fourth-order valence-corrected chi connectivity index (χ4v) is 2.62. The third-order valence-electron chi connectivity index (χ3n) is 3.69. The third kappa shape index (κ3) is 5.53. The minimum atomic E-state index is 0.364. The van der Waals surface area contributed by atoms with Crippen LogP contribution in [0.2, 0.25) is 0 Å². The molecule has 1 aliphatic rings. The zero-order valence-corrected chi connectivity index (χ0v) is 11.3. The van der Waals surface area contributed by atoms with Gasteiger partial charge in [-0.3, -0.25) is 4.79 Å². The Balaban J connectivity index is 2.21. The normalized spacial score (nSPS) is 20.6. The van der Waals surface area contributed by atoms with E-state index in [1.165, 1.54) is 25.7 Å². The molecule has 1 amide bonds. The lowest BCUT2D eigenvalue weighted by molar-refractivity contribution is -0.133. The van der Waals surface area contributed by atoms with Gasteiger partial charge in [0, 0.05) is 19.5 Å². The molecule has 1 aliphatic heterocycles. The van der Waals surface area contributed by atoms with Crippen LogP contribution in [-0.2, 0) is 4.79 Å². The fraction of sp³-hybridized carbons (Fsp3) is 0.929. The number of likely N-dealkylation sites (tertiary alicyclic amines) is 1. The zero-order valence-electron chi connectivity index (χ0n) is 11.3. The number of nitrogens with two attached hydrogens (primary N) is 1. The average Bonchev–Trinajstić information content (AvgIpc) is 2.35. The predicted octanol–water partition coefficient (Wildman–Crippen LogP) is 2.54. The smallest absolute Gasteiger partial charge is 0.222 e. The first kappa shape index (κ1) is 14.5. The van der Waals surface area contributed by atoms with Crippen LogP contribution >= 0.6 is 0 Å². The molecular formula is C14H28N2O. The number of nitrogens with zero attached hydrogens (tertiary/aromatic N) is 1. The van der Waals surface area contributed by atoms with Gasteiger partial charge in [-0.05, 0) is 38.1 Å². The second-order valence-electron chi connectivity index (χ2n) is 5.24. The van der Waals surface area contributed by atoms with Gasteiger partial charge in [-0.1, -0.05) is 26.2 Å². The highest BCUT2D eigenvalue weighted by molar-refractivity contribution is 5.76.